The molecule has 1 heteroatoms. The Hall–Kier alpha value is -2.41. The van der Waals surface area contributed by atoms with Crippen molar-refractivity contribution in [3.8, 4) is 22.3 Å². The second-order valence-corrected chi connectivity index (χ2v) is 5.13. The summed E-state index contributed by atoms with van der Waals surface area (Å²) in [5, 5.41) is 0. The van der Waals surface area contributed by atoms with Crippen LogP contribution in [-0.2, 0) is 0 Å². The van der Waals surface area contributed by atoms with Crippen molar-refractivity contribution in [1.29, 1.82) is 0 Å². The standard InChI is InChI=1S/C19H17N/c1-14-3-6-16(7-4-14)17-9-11-18(12-10-17)19-8-5-15(2)20-13-19/h3-13H,1-2H3. The summed E-state index contributed by atoms with van der Waals surface area (Å²) in [5.41, 5.74) is 7.19. The maximum absolute atomic E-state index is 4.35. The minimum Gasteiger partial charge on any atom is -0.261 e. The molecule has 3 aromatic rings. The van der Waals surface area contributed by atoms with Crippen molar-refractivity contribution in [2.45, 2.75) is 13.8 Å². The van der Waals surface area contributed by atoms with E-state index >= 15 is 0 Å². The highest BCUT2D eigenvalue weighted by Crippen LogP contribution is 2.24. The van der Waals surface area contributed by atoms with Gasteiger partial charge in [-0.1, -0.05) is 60.2 Å². The second kappa shape index (κ2) is 5.30. The van der Waals surface area contributed by atoms with E-state index in [0.29, 0.717) is 0 Å². The van der Waals surface area contributed by atoms with E-state index in [0.717, 1.165) is 11.3 Å². The molecular formula is C19H17N. The number of nitrogens with zero attached hydrogens (tertiary/aromatic N) is 1. The quantitative estimate of drug-likeness (QED) is 0.628. The van der Waals surface area contributed by atoms with Crippen molar-refractivity contribution < 1.29 is 0 Å². The van der Waals surface area contributed by atoms with Gasteiger partial charge in [-0.25, -0.2) is 0 Å². The van der Waals surface area contributed by atoms with Crippen LogP contribution in [0.25, 0.3) is 22.3 Å². The third-order valence-electron chi connectivity index (χ3n) is 3.51. The van der Waals surface area contributed by atoms with E-state index in [4.69, 9.17) is 0 Å². The number of pyridine rings is 1. The van der Waals surface area contributed by atoms with Crippen LogP contribution in [-0.4, -0.2) is 4.98 Å². The fourth-order valence-corrected chi connectivity index (χ4v) is 2.24. The fraction of sp³-hybridized carbons (Fsp3) is 0.105. The van der Waals surface area contributed by atoms with Crippen LogP contribution < -0.4 is 0 Å². The first-order valence-corrected chi connectivity index (χ1v) is 6.82. The summed E-state index contributed by atoms with van der Waals surface area (Å²) in [6.45, 7) is 4.11. The normalized spacial score (nSPS) is 10.5. The summed E-state index contributed by atoms with van der Waals surface area (Å²) in [6.07, 6.45) is 1.93. The molecule has 1 nitrogen and oxygen atoms in total. The molecule has 0 aliphatic carbocycles. The van der Waals surface area contributed by atoms with Crippen molar-refractivity contribution in [3.05, 3.63) is 78.1 Å². The van der Waals surface area contributed by atoms with Gasteiger partial charge in [0.25, 0.3) is 0 Å². The molecule has 20 heavy (non-hydrogen) atoms. The van der Waals surface area contributed by atoms with Gasteiger partial charge in [0.2, 0.25) is 0 Å². The SMILES string of the molecule is Cc1ccc(-c2ccc(-c3ccc(C)nc3)cc2)cc1. The molecule has 0 amide bonds. The van der Waals surface area contributed by atoms with Crippen LogP contribution >= 0.6 is 0 Å². The molecule has 1 heterocycles. The highest BCUT2D eigenvalue weighted by molar-refractivity contribution is 5.70. The molecule has 0 N–H and O–H groups in total. The fourth-order valence-electron chi connectivity index (χ4n) is 2.24. The van der Waals surface area contributed by atoms with E-state index in [1.54, 1.807) is 0 Å². The zero-order valence-electron chi connectivity index (χ0n) is 11.8. The highest BCUT2D eigenvalue weighted by Gasteiger charge is 2.00. The van der Waals surface area contributed by atoms with E-state index in [1.165, 1.54) is 22.3 Å². The number of benzene rings is 2. The summed E-state index contributed by atoms with van der Waals surface area (Å²) >= 11 is 0. The Morgan fingerprint density at radius 1 is 0.550 bits per heavy atom. The molecule has 0 saturated carbocycles. The number of aromatic nitrogens is 1. The van der Waals surface area contributed by atoms with Gasteiger partial charge in [-0.2, -0.15) is 0 Å². The maximum Gasteiger partial charge on any atom is 0.0373 e. The molecule has 0 unspecified atom stereocenters. The molecule has 0 atom stereocenters. The van der Waals surface area contributed by atoms with Gasteiger partial charge in [-0.05, 0) is 36.6 Å². The Bertz CT molecular complexity index is 628. The van der Waals surface area contributed by atoms with Gasteiger partial charge in [-0.3, -0.25) is 4.98 Å². The molecule has 2 aromatic carbocycles. The van der Waals surface area contributed by atoms with Crippen molar-refractivity contribution in [2.24, 2.45) is 0 Å². The molecular weight excluding hydrogens is 242 g/mol. The summed E-state index contributed by atoms with van der Waals surface area (Å²) in [5.74, 6) is 0. The Labute approximate surface area is 119 Å². The Morgan fingerprint density at radius 3 is 1.50 bits per heavy atom. The molecule has 0 spiro atoms. The zero-order chi connectivity index (χ0) is 13.9. The average Bonchev–Trinajstić information content (AvgIpc) is 2.49. The molecule has 0 aliphatic rings. The van der Waals surface area contributed by atoms with Crippen molar-refractivity contribution in [2.75, 3.05) is 0 Å². The summed E-state index contributed by atoms with van der Waals surface area (Å²) in [6, 6.07) is 21.4. The Kier molecular flexibility index (Phi) is 3.34. The van der Waals surface area contributed by atoms with Crippen LogP contribution in [0.4, 0.5) is 0 Å². The molecule has 0 aliphatic heterocycles. The van der Waals surface area contributed by atoms with Gasteiger partial charge in [0.1, 0.15) is 0 Å². The molecule has 0 saturated heterocycles. The maximum atomic E-state index is 4.35. The monoisotopic (exact) mass is 259 g/mol. The lowest BCUT2D eigenvalue weighted by Gasteiger charge is -2.05. The summed E-state index contributed by atoms with van der Waals surface area (Å²) < 4.78 is 0. The van der Waals surface area contributed by atoms with Crippen LogP contribution in [0, 0.1) is 13.8 Å². The summed E-state index contributed by atoms with van der Waals surface area (Å²) in [4.78, 5) is 4.35. The van der Waals surface area contributed by atoms with Crippen LogP contribution in [0.1, 0.15) is 11.3 Å². The molecule has 0 fully saturated rings. The van der Waals surface area contributed by atoms with Gasteiger partial charge >= 0.3 is 0 Å². The van der Waals surface area contributed by atoms with Gasteiger partial charge in [0, 0.05) is 17.5 Å². The lowest BCUT2D eigenvalue weighted by atomic mass is 10.0. The number of aryl methyl sites for hydroxylation is 2. The van der Waals surface area contributed by atoms with E-state index in [-0.39, 0.29) is 0 Å². The van der Waals surface area contributed by atoms with Crippen LogP contribution in [0.15, 0.2) is 66.9 Å². The van der Waals surface area contributed by atoms with Crippen LogP contribution in [0.5, 0.6) is 0 Å². The molecule has 0 bridgehead atoms. The van der Waals surface area contributed by atoms with Crippen LogP contribution in [0.3, 0.4) is 0 Å². The average molecular weight is 259 g/mol. The third kappa shape index (κ3) is 2.62. The minimum atomic E-state index is 1.05. The summed E-state index contributed by atoms with van der Waals surface area (Å²) in [7, 11) is 0. The topological polar surface area (TPSA) is 12.9 Å². The van der Waals surface area contributed by atoms with Gasteiger partial charge < -0.3 is 0 Å². The zero-order valence-corrected chi connectivity index (χ0v) is 11.8. The van der Waals surface area contributed by atoms with Gasteiger partial charge in [0.15, 0.2) is 0 Å². The lowest BCUT2D eigenvalue weighted by Crippen LogP contribution is -1.83. The molecule has 1 aromatic heterocycles. The van der Waals surface area contributed by atoms with Crippen molar-refractivity contribution in [1.82, 2.24) is 4.98 Å². The number of rotatable bonds is 2. The molecule has 98 valence electrons. The van der Waals surface area contributed by atoms with Crippen LogP contribution in [0.2, 0.25) is 0 Å². The van der Waals surface area contributed by atoms with E-state index in [1.807, 2.05) is 19.2 Å². The first-order chi connectivity index (χ1) is 9.72. The van der Waals surface area contributed by atoms with Crippen molar-refractivity contribution in [3.63, 3.8) is 0 Å². The Morgan fingerprint density at radius 2 is 1.00 bits per heavy atom. The Balaban J connectivity index is 1.91. The second-order valence-electron chi connectivity index (χ2n) is 5.13. The predicted octanol–water partition coefficient (Wildman–Crippen LogP) is 5.03. The van der Waals surface area contributed by atoms with E-state index in [2.05, 4.69) is 66.5 Å². The molecule has 0 radical (unpaired) electrons. The smallest absolute Gasteiger partial charge is 0.0373 e. The first-order valence-electron chi connectivity index (χ1n) is 6.82. The van der Waals surface area contributed by atoms with Gasteiger partial charge in [0.05, 0.1) is 0 Å². The van der Waals surface area contributed by atoms with E-state index in [9.17, 15) is 0 Å². The lowest BCUT2D eigenvalue weighted by molar-refractivity contribution is 1.20. The number of hydrogen-bond acceptors (Lipinski definition) is 1. The van der Waals surface area contributed by atoms with Crippen molar-refractivity contribution >= 4 is 0 Å². The number of hydrogen-bond donors (Lipinski definition) is 0. The third-order valence-corrected chi connectivity index (χ3v) is 3.51. The first kappa shape index (κ1) is 12.6. The van der Waals surface area contributed by atoms with E-state index < -0.39 is 0 Å². The van der Waals surface area contributed by atoms with Gasteiger partial charge in [-0.15, -0.1) is 0 Å². The molecule has 3 rings (SSSR count). The minimum absolute atomic E-state index is 1.05. The highest BCUT2D eigenvalue weighted by atomic mass is 14.7. The predicted molar refractivity (Wildman–Crippen MR) is 84.6 cm³/mol. The largest absolute Gasteiger partial charge is 0.261 e.